The summed E-state index contributed by atoms with van der Waals surface area (Å²) in [6.45, 7) is 2.01. The molecule has 168 valence electrons. The number of carboxylic acid groups (broad SMARTS) is 1. The lowest BCUT2D eigenvalue weighted by atomic mass is 9.94. The van der Waals surface area contributed by atoms with Gasteiger partial charge in [-0.3, -0.25) is 10.1 Å². The summed E-state index contributed by atoms with van der Waals surface area (Å²) >= 11 is 3.33. The summed E-state index contributed by atoms with van der Waals surface area (Å²) in [5.74, 6) is 0.636. The summed E-state index contributed by atoms with van der Waals surface area (Å²) in [5.41, 5.74) is 5.28. The van der Waals surface area contributed by atoms with Crippen LogP contribution in [0.4, 0.5) is 0 Å². The molecule has 5 nitrogen and oxygen atoms in total. The van der Waals surface area contributed by atoms with Gasteiger partial charge in [0.2, 0.25) is 0 Å². The molecule has 3 rings (SSSR count). The van der Waals surface area contributed by atoms with Crippen molar-refractivity contribution in [1.29, 1.82) is 0 Å². The predicted molar refractivity (Wildman–Crippen MR) is 134 cm³/mol. The van der Waals surface area contributed by atoms with Crippen molar-refractivity contribution in [1.82, 2.24) is 10.2 Å². The van der Waals surface area contributed by atoms with E-state index in [-0.39, 0.29) is 0 Å². The van der Waals surface area contributed by atoms with Crippen molar-refractivity contribution in [2.24, 2.45) is 0 Å². The summed E-state index contributed by atoms with van der Waals surface area (Å²) in [6.07, 6.45) is 5.19. The third-order valence-corrected chi connectivity index (χ3v) is 6.84. The quantitative estimate of drug-likeness (QED) is 0.442. The van der Waals surface area contributed by atoms with E-state index in [1.807, 2.05) is 62.7 Å². The molecule has 3 N–H and O–H groups in total. The Balaban J connectivity index is 1.95. The maximum absolute atomic E-state index is 11.7. The molecular formula is C25H28N2O3S2. The van der Waals surface area contributed by atoms with Crippen LogP contribution in [-0.4, -0.2) is 52.1 Å². The third-order valence-electron chi connectivity index (χ3n) is 5.25. The highest BCUT2D eigenvalue weighted by Crippen LogP contribution is 2.30. The fraction of sp³-hybridized carbons (Fsp3) is 0.320. The Kier molecular flexibility index (Phi) is 8.71. The molecule has 0 aliphatic carbocycles. The van der Waals surface area contributed by atoms with Gasteiger partial charge in [-0.1, -0.05) is 36.4 Å². The number of allylic oxidation sites excluding steroid dienone is 1. The number of thioether (sulfide) groups is 2. The molecule has 32 heavy (non-hydrogen) atoms. The number of carboxylic acids is 1. The number of hydrogen-bond acceptors (Lipinski definition) is 6. The number of hydrogen-bond donors (Lipinski definition) is 3. The van der Waals surface area contributed by atoms with Gasteiger partial charge in [-0.2, -0.15) is 11.8 Å². The van der Waals surface area contributed by atoms with Gasteiger partial charge in [0, 0.05) is 18.3 Å². The molecule has 2 atom stereocenters. The molecule has 2 aromatic carbocycles. The SMILES string of the molecule is CSCC[C@H](NC(O)c1c#cc(/C=C/C2=CSCN2C)cc1-c1ccccc1C)C(=O)O. The zero-order chi connectivity index (χ0) is 23.1. The number of rotatable bonds is 10. The molecule has 0 radical (unpaired) electrons. The Labute approximate surface area is 198 Å². The highest BCUT2D eigenvalue weighted by atomic mass is 32.2. The van der Waals surface area contributed by atoms with E-state index in [1.165, 1.54) is 0 Å². The molecule has 1 aliphatic heterocycles. The molecule has 0 fully saturated rings. The average molecular weight is 469 g/mol. The molecule has 1 aliphatic rings. The number of aliphatic hydroxyl groups is 1. The van der Waals surface area contributed by atoms with Gasteiger partial charge >= 0.3 is 5.97 Å². The monoisotopic (exact) mass is 468 g/mol. The lowest BCUT2D eigenvalue weighted by Gasteiger charge is -2.21. The minimum atomic E-state index is -1.18. The van der Waals surface area contributed by atoms with Gasteiger partial charge in [-0.25, -0.2) is 0 Å². The highest BCUT2D eigenvalue weighted by molar-refractivity contribution is 8.02. The normalized spacial score (nSPS) is 15.5. The summed E-state index contributed by atoms with van der Waals surface area (Å²) < 4.78 is 0. The zero-order valence-corrected chi connectivity index (χ0v) is 20.1. The number of benzene rings is 1. The molecule has 0 bridgehead atoms. The van der Waals surface area contributed by atoms with Crippen LogP contribution in [-0.2, 0) is 4.79 Å². The van der Waals surface area contributed by atoms with Crippen LogP contribution in [0.5, 0.6) is 0 Å². The summed E-state index contributed by atoms with van der Waals surface area (Å²) in [7, 11) is 2.05. The molecule has 0 aromatic heterocycles. The van der Waals surface area contributed by atoms with Crippen LogP contribution in [0.15, 0.2) is 47.5 Å². The van der Waals surface area contributed by atoms with E-state index in [1.54, 1.807) is 23.5 Å². The molecule has 0 saturated heterocycles. The van der Waals surface area contributed by atoms with Gasteiger partial charge in [0.15, 0.2) is 0 Å². The van der Waals surface area contributed by atoms with Crippen molar-refractivity contribution in [3.8, 4) is 11.1 Å². The fourth-order valence-corrected chi connectivity index (χ4v) is 4.76. The fourth-order valence-electron chi connectivity index (χ4n) is 3.41. The van der Waals surface area contributed by atoms with E-state index in [0.717, 1.165) is 33.8 Å². The average Bonchev–Trinajstić information content (AvgIpc) is 3.19. The second-order valence-corrected chi connectivity index (χ2v) is 9.42. The Morgan fingerprint density at radius 2 is 2.09 bits per heavy atom. The molecule has 2 aromatic rings. The molecule has 7 heteroatoms. The largest absolute Gasteiger partial charge is 0.480 e. The standard InChI is InChI=1S/C25H28N2O3S2/c1-17-6-4-5-7-20(17)22-14-18(8-10-19-15-32-16-27(19)2)9-11-21(22)24(28)26-23(25(29)30)12-13-31-3/h4-8,10,14-15,23-24,26,28H,12-13,16H2,1-3H3,(H,29,30)/b10-8+/t23-,24?/m0/s1. The number of nitrogens with one attached hydrogen (secondary N) is 1. The second-order valence-electron chi connectivity index (χ2n) is 7.60. The summed E-state index contributed by atoms with van der Waals surface area (Å²) in [5, 5.41) is 25.4. The number of aryl methyl sites for hydroxylation is 1. The van der Waals surface area contributed by atoms with E-state index in [4.69, 9.17) is 0 Å². The molecule has 0 saturated carbocycles. The molecule has 1 unspecified atom stereocenters. The Hall–Kier alpha value is -2.37. The lowest BCUT2D eigenvalue weighted by Crippen LogP contribution is -2.39. The number of aliphatic hydroxyl groups excluding tert-OH is 1. The van der Waals surface area contributed by atoms with E-state index in [0.29, 0.717) is 17.7 Å². The van der Waals surface area contributed by atoms with Gasteiger partial charge in [0.05, 0.1) is 11.4 Å². The summed E-state index contributed by atoms with van der Waals surface area (Å²) in [6, 6.07) is 15.3. The van der Waals surface area contributed by atoms with Gasteiger partial charge in [0.25, 0.3) is 0 Å². The van der Waals surface area contributed by atoms with Gasteiger partial charge in [0.1, 0.15) is 12.3 Å². The number of aliphatic carboxylic acids is 1. The topological polar surface area (TPSA) is 72.8 Å². The van der Waals surface area contributed by atoms with E-state index in [2.05, 4.69) is 27.8 Å². The van der Waals surface area contributed by atoms with Crippen molar-refractivity contribution in [2.75, 3.05) is 24.9 Å². The first-order valence-electron chi connectivity index (χ1n) is 10.3. The minimum absolute atomic E-state index is 0.415. The predicted octanol–water partition coefficient (Wildman–Crippen LogP) is 4.54. The molecule has 0 amide bonds. The Morgan fingerprint density at radius 1 is 1.31 bits per heavy atom. The lowest BCUT2D eigenvalue weighted by molar-refractivity contribution is -0.140. The molecule has 0 spiro atoms. The van der Waals surface area contributed by atoms with Crippen molar-refractivity contribution in [2.45, 2.75) is 25.6 Å². The van der Waals surface area contributed by atoms with E-state index < -0.39 is 18.2 Å². The Morgan fingerprint density at radius 3 is 2.75 bits per heavy atom. The first-order chi connectivity index (χ1) is 15.4. The van der Waals surface area contributed by atoms with Crippen molar-refractivity contribution >= 4 is 35.6 Å². The maximum atomic E-state index is 11.7. The number of nitrogens with zero attached hydrogens (tertiary/aromatic N) is 1. The van der Waals surface area contributed by atoms with Gasteiger partial charge in [-0.05, 0) is 65.7 Å². The van der Waals surface area contributed by atoms with Crippen LogP contribution < -0.4 is 5.32 Å². The van der Waals surface area contributed by atoms with Crippen LogP contribution >= 0.6 is 23.5 Å². The van der Waals surface area contributed by atoms with Gasteiger partial charge < -0.3 is 15.1 Å². The van der Waals surface area contributed by atoms with Crippen LogP contribution in [0.2, 0.25) is 0 Å². The van der Waals surface area contributed by atoms with Crippen LogP contribution in [0.1, 0.15) is 29.3 Å². The molecular weight excluding hydrogens is 440 g/mol. The minimum Gasteiger partial charge on any atom is -0.480 e. The van der Waals surface area contributed by atoms with Gasteiger partial charge in [-0.15, -0.1) is 11.8 Å². The number of likely N-dealkylation sites (N-methyl/N-ethyl adjacent to an activating group) is 1. The first kappa shape index (κ1) is 24.3. The Bertz CT molecular complexity index is 1010. The van der Waals surface area contributed by atoms with Crippen molar-refractivity contribution in [3.05, 3.63) is 76.3 Å². The molecule has 1 heterocycles. The number of carbonyl (C=O) groups is 1. The van der Waals surface area contributed by atoms with Crippen LogP contribution in [0.3, 0.4) is 0 Å². The first-order valence-corrected chi connectivity index (χ1v) is 12.8. The zero-order valence-electron chi connectivity index (χ0n) is 18.5. The third kappa shape index (κ3) is 6.11. The van der Waals surface area contributed by atoms with Crippen LogP contribution in [0.25, 0.3) is 17.2 Å². The highest BCUT2D eigenvalue weighted by Gasteiger charge is 2.23. The maximum Gasteiger partial charge on any atom is 0.320 e. The summed E-state index contributed by atoms with van der Waals surface area (Å²) in [4.78, 5) is 13.8. The smallest absolute Gasteiger partial charge is 0.320 e. The second kappa shape index (κ2) is 11.5. The van der Waals surface area contributed by atoms with Crippen LogP contribution in [0, 0.1) is 19.1 Å². The van der Waals surface area contributed by atoms with Crippen molar-refractivity contribution in [3.63, 3.8) is 0 Å². The van der Waals surface area contributed by atoms with Crippen molar-refractivity contribution < 1.29 is 15.0 Å². The van der Waals surface area contributed by atoms with E-state index in [9.17, 15) is 15.0 Å². The van der Waals surface area contributed by atoms with E-state index >= 15 is 0 Å².